The summed E-state index contributed by atoms with van der Waals surface area (Å²) < 4.78 is 0. The molecule has 2 aliphatic heterocycles. The standard InChI is InChI=1S/C31H39N9O2/c1-20-25(36-31(42)26-12-7-22(18-33-26)21-5-6-21)4-3-13-40(20)27-19-34-28(29(32)41)30(37-27)35-23-8-10-24(11-9-23)39-16-14-38(2)15-17-39/h7-12,18-21,25H,3-6,13-17H2,1-2H3,(H2,32,41)(H,35,37)(H,36,42)/t20-,25-/m1/s1. The van der Waals surface area contributed by atoms with Gasteiger partial charge in [-0.25, -0.2) is 9.97 Å². The predicted molar refractivity (Wildman–Crippen MR) is 163 cm³/mol. The number of likely N-dealkylation sites (N-methyl/N-ethyl adjacent to an activating group) is 1. The molecule has 2 amide bonds. The van der Waals surface area contributed by atoms with Crippen LogP contribution in [-0.4, -0.2) is 83.5 Å². The molecule has 1 saturated carbocycles. The molecule has 6 rings (SSSR count). The molecule has 4 N–H and O–H groups in total. The molecule has 0 unspecified atom stereocenters. The maximum Gasteiger partial charge on any atom is 0.271 e. The highest BCUT2D eigenvalue weighted by molar-refractivity contribution is 5.96. The van der Waals surface area contributed by atoms with Crippen molar-refractivity contribution in [2.75, 3.05) is 54.9 Å². The Balaban J connectivity index is 1.15. The summed E-state index contributed by atoms with van der Waals surface area (Å²) in [7, 11) is 2.14. The average molecular weight is 570 g/mol. The molecule has 2 saturated heterocycles. The molecule has 0 spiro atoms. The van der Waals surface area contributed by atoms with E-state index in [0.29, 0.717) is 23.2 Å². The molecule has 42 heavy (non-hydrogen) atoms. The van der Waals surface area contributed by atoms with E-state index >= 15 is 0 Å². The lowest BCUT2D eigenvalue weighted by Gasteiger charge is -2.40. The predicted octanol–water partition coefficient (Wildman–Crippen LogP) is 3.13. The zero-order valence-electron chi connectivity index (χ0n) is 24.3. The number of hydrogen-bond acceptors (Lipinski definition) is 9. The summed E-state index contributed by atoms with van der Waals surface area (Å²) in [5, 5.41) is 6.44. The van der Waals surface area contributed by atoms with Gasteiger partial charge in [-0.05, 0) is 81.5 Å². The molecular formula is C31H39N9O2. The number of piperazine rings is 1. The van der Waals surface area contributed by atoms with Crippen molar-refractivity contribution in [3.8, 4) is 0 Å². The third-order valence-electron chi connectivity index (χ3n) is 8.66. The van der Waals surface area contributed by atoms with Gasteiger partial charge in [0.25, 0.3) is 11.8 Å². The highest BCUT2D eigenvalue weighted by Crippen LogP contribution is 2.39. The van der Waals surface area contributed by atoms with Crippen LogP contribution in [0.25, 0.3) is 0 Å². The summed E-state index contributed by atoms with van der Waals surface area (Å²) in [4.78, 5) is 45.7. The molecule has 1 aromatic carbocycles. The Morgan fingerprint density at radius 2 is 1.69 bits per heavy atom. The van der Waals surface area contributed by atoms with E-state index in [4.69, 9.17) is 10.7 Å². The van der Waals surface area contributed by atoms with Gasteiger partial charge in [0.15, 0.2) is 11.5 Å². The fraction of sp³-hybridized carbons (Fsp3) is 0.452. The highest BCUT2D eigenvalue weighted by atomic mass is 16.2. The number of rotatable bonds is 8. The largest absolute Gasteiger partial charge is 0.369 e. The monoisotopic (exact) mass is 569 g/mol. The second-order valence-electron chi connectivity index (χ2n) is 11.7. The zero-order valence-corrected chi connectivity index (χ0v) is 24.3. The van der Waals surface area contributed by atoms with Crippen molar-refractivity contribution >= 4 is 34.8 Å². The number of nitrogens with two attached hydrogens (primary N) is 1. The number of carbonyl (C=O) groups is 2. The number of nitrogens with one attached hydrogen (secondary N) is 2. The summed E-state index contributed by atoms with van der Waals surface area (Å²) in [6, 6.07) is 11.8. The molecule has 220 valence electrons. The van der Waals surface area contributed by atoms with Crippen molar-refractivity contribution in [2.45, 2.75) is 50.6 Å². The lowest BCUT2D eigenvalue weighted by atomic mass is 9.97. The van der Waals surface area contributed by atoms with Crippen LogP contribution >= 0.6 is 0 Å². The van der Waals surface area contributed by atoms with Gasteiger partial charge < -0.3 is 31.1 Å². The summed E-state index contributed by atoms with van der Waals surface area (Å²) in [6.07, 6.45) is 7.53. The van der Waals surface area contributed by atoms with Crippen LogP contribution in [0.4, 0.5) is 23.0 Å². The minimum atomic E-state index is -0.650. The lowest BCUT2D eigenvalue weighted by molar-refractivity contribution is 0.0918. The van der Waals surface area contributed by atoms with E-state index in [9.17, 15) is 9.59 Å². The fourth-order valence-corrected chi connectivity index (χ4v) is 5.84. The first kappa shape index (κ1) is 27.9. The first-order valence-corrected chi connectivity index (χ1v) is 14.9. The Morgan fingerprint density at radius 3 is 2.36 bits per heavy atom. The van der Waals surface area contributed by atoms with Crippen LogP contribution in [0.5, 0.6) is 0 Å². The van der Waals surface area contributed by atoms with Gasteiger partial charge in [0, 0.05) is 62.4 Å². The summed E-state index contributed by atoms with van der Waals surface area (Å²) in [5.74, 6) is 0.709. The molecule has 1 aliphatic carbocycles. The van der Waals surface area contributed by atoms with Crippen LogP contribution in [-0.2, 0) is 0 Å². The first-order valence-electron chi connectivity index (χ1n) is 14.9. The summed E-state index contributed by atoms with van der Waals surface area (Å²) >= 11 is 0. The Hall–Kier alpha value is -4.25. The van der Waals surface area contributed by atoms with Crippen molar-refractivity contribution in [2.24, 2.45) is 5.73 Å². The van der Waals surface area contributed by atoms with Crippen LogP contribution in [0.1, 0.15) is 65.1 Å². The van der Waals surface area contributed by atoms with Crippen molar-refractivity contribution < 1.29 is 9.59 Å². The van der Waals surface area contributed by atoms with Crippen LogP contribution in [0.15, 0.2) is 48.8 Å². The second kappa shape index (κ2) is 11.9. The number of anilines is 4. The van der Waals surface area contributed by atoms with E-state index < -0.39 is 5.91 Å². The Kier molecular flexibility index (Phi) is 7.92. The van der Waals surface area contributed by atoms with Crippen LogP contribution in [0, 0.1) is 0 Å². The first-order chi connectivity index (χ1) is 20.4. The van der Waals surface area contributed by atoms with Crippen LogP contribution in [0.3, 0.4) is 0 Å². The molecule has 3 fully saturated rings. The third kappa shape index (κ3) is 6.15. The molecule has 2 atom stereocenters. The maximum absolute atomic E-state index is 13.0. The number of nitrogens with zero attached hydrogens (tertiary/aromatic N) is 6. The Bertz CT molecular complexity index is 1420. The van der Waals surface area contributed by atoms with Gasteiger partial charge in [0.05, 0.1) is 6.20 Å². The molecule has 4 heterocycles. The number of carbonyl (C=O) groups excluding carboxylic acids is 2. The van der Waals surface area contributed by atoms with Crippen molar-refractivity contribution in [1.29, 1.82) is 0 Å². The van der Waals surface area contributed by atoms with Gasteiger partial charge in [0.2, 0.25) is 0 Å². The Morgan fingerprint density at radius 1 is 0.929 bits per heavy atom. The molecule has 11 heteroatoms. The van der Waals surface area contributed by atoms with E-state index in [-0.39, 0.29) is 23.7 Å². The maximum atomic E-state index is 13.0. The molecule has 3 aliphatic rings. The topological polar surface area (TPSA) is 133 Å². The van der Waals surface area contributed by atoms with Crippen molar-refractivity contribution in [3.05, 3.63) is 65.7 Å². The molecule has 0 bridgehead atoms. The number of amides is 2. The lowest BCUT2D eigenvalue weighted by Crippen LogP contribution is -2.54. The summed E-state index contributed by atoms with van der Waals surface area (Å²) in [6.45, 7) is 6.87. The van der Waals surface area contributed by atoms with Crippen molar-refractivity contribution in [1.82, 2.24) is 25.2 Å². The van der Waals surface area contributed by atoms with Gasteiger partial charge in [-0.3, -0.25) is 14.6 Å². The molecular weight excluding hydrogens is 530 g/mol. The smallest absolute Gasteiger partial charge is 0.271 e. The van der Waals surface area contributed by atoms with E-state index in [1.807, 2.05) is 30.5 Å². The van der Waals surface area contributed by atoms with Gasteiger partial charge >= 0.3 is 0 Å². The molecule has 0 radical (unpaired) electrons. The zero-order chi connectivity index (χ0) is 29.2. The minimum Gasteiger partial charge on any atom is -0.369 e. The minimum absolute atomic E-state index is 0.0436. The second-order valence-corrected chi connectivity index (χ2v) is 11.7. The van der Waals surface area contributed by atoms with Crippen LogP contribution in [0.2, 0.25) is 0 Å². The number of benzene rings is 1. The van der Waals surface area contributed by atoms with Gasteiger partial charge in [-0.15, -0.1) is 0 Å². The van der Waals surface area contributed by atoms with E-state index in [1.165, 1.54) is 18.4 Å². The normalized spacial score (nSPS) is 21.2. The molecule has 11 nitrogen and oxygen atoms in total. The van der Waals surface area contributed by atoms with E-state index in [2.05, 4.69) is 61.4 Å². The van der Waals surface area contributed by atoms with Gasteiger partial charge in [-0.2, -0.15) is 0 Å². The fourth-order valence-electron chi connectivity index (χ4n) is 5.84. The van der Waals surface area contributed by atoms with E-state index in [0.717, 1.165) is 56.9 Å². The number of aromatic nitrogens is 3. The number of piperidine rings is 1. The van der Waals surface area contributed by atoms with Gasteiger partial charge in [-0.1, -0.05) is 6.07 Å². The SMILES string of the molecule is C[C@@H]1[C@H](NC(=O)c2ccc(C3CC3)cn2)CCCN1c1cnc(C(N)=O)c(Nc2ccc(N3CCN(C)CC3)cc2)n1. The average Bonchev–Trinajstić information content (AvgIpc) is 3.85. The van der Waals surface area contributed by atoms with Gasteiger partial charge in [0.1, 0.15) is 11.5 Å². The van der Waals surface area contributed by atoms with Crippen molar-refractivity contribution in [3.63, 3.8) is 0 Å². The summed E-state index contributed by atoms with van der Waals surface area (Å²) in [5.41, 5.74) is 9.33. The molecule has 3 aromatic rings. The third-order valence-corrected chi connectivity index (χ3v) is 8.66. The van der Waals surface area contributed by atoms with E-state index in [1.54, 1.807) is 6.20 Å². The quantitative estimate of drug-likeness (QED) is 0.374. The molecule has 2 aromatic heterocycles. The number of pyridine rings is 1. The highest BCUT2D eigenvalue weighted by Gasteiger charge is 2.31. The number of primary amides is 1. The number of hydrogen-bond donors (Lipinski definition) is 3. The van der Waals surface area contributed by atoms with Crippen LogP contribution < -0.4 is 26.2 Å². The Labute approximate surface area is 246 Å².